The fraction of sp³-hybridized carbons (Fsp3) is 0. The SMILES string of the molecule is N#CC=C(C(=O)O)c1ccc(O)cc1. The van der Waals surface area contributed by atoms with Crippen molar-refractivity contribution in [3.8, 4) is 11.8 Å². The molecule has 0 radical (unpaired) electrons. The van der Waals surface area contributed by atoms with E-state index in [0.717, 1.165) is 6.08 Å². The summed E-state index contributed by atoms with van der Waals surface area (Å²) in [4.78, 5) is 10.7. The number of aromatic hydroxyl groups is 1. The Labute approximate surface area is 80.3 Å². The van der Waals surface area contributed by atoms with E-state index < -0.39 is 5.97 Å². The smallest absolute Gasteiger partial charge is 0.337 e. The number of carbonyl (C=O) groups is 1. The van der Waals surface area contributed by atoms with Gasteiger partial charge in [-0.2, -0.15) is 5.26 Å². The molecule has 1 aromatic rings. The molecule has 70 valence electrons. The molecule has 0 aliphatic heterocycles. The summed E-state index contributed by atoms with van der Waals surface area (Å²) in [6.45, 7) is 0. The number of carboxylic acids is 1. The van der Waals surface area contributed by atoms with Gasteiger partial charge in [0.15, 0.2) is 0 Å². The van der Waals surface area contributed by atoms with E-state index in [9.17, 15) is 4.79 Å². The van der Waals surface area contributed by atoms with Crippen molar-refractivity contribution in [2.24, 2.45) is 0 Å². The number of nitrogens with zero attached hydrogens (tertiary/aromatic N) is 1. The predicted molar refractivity (Wildman–Crippen MR) is 49.3 cm³/mol. The molecule has 0 saturated carbocycles. The summed E-state index contributed by atoms with van der Waals surface area (Å²) in [5, 5.41) is 26.1. The molecule has 0 fully saturated rings. The Kier molecular flexibility index (Phi) is 2.87. The maximum Gasteiger partial charge on any atom is 0.337 e. The Morgan fingerprint density at radius 3 is 2.36 bits per heavy atom. The first-order valence-corrected chi connectivity index (χ1v) is 3.77. The molecule has 1 aromatic carbocycles. The third-order valence-electron chi connectivity index (χ3n) is 1.62. The minimum absolute atomic E-state index is 0.0513. The molecule has 1 rings (SSSR count). The van der Waals surface area contributed by atoms with Crippen molar-refractivity contribution >= 4 is 11.5 Å². The Morgan fingerprint density at radius 1 is 1.36 bits per heavy atom. The van der Waals surface area contributed by atoms with Gasteiger partial charge < -0.3 is 10.2 Å². The molecule has 0 atom stereocenters. The number of phenols is 1. The van der Waals surface area contributed by atoms with Crippen molar-refractivity contribution < 1.29 is 15.0 Å². The molecular weight excluding hydrogens is 182 g/mol. The molecule has 0 aliphatic rings. The molecule has 0 unspecified atom stereocenters. The second-order valence-corrected chi connectivity index (χ2v) is 2.54. The molecule has 0 aromatic heterocycles. The summed E-state index contributed by atoms with van der Waals surface area (Å²) in [5.74, 6) is -1.12. The molecule has 0 amide bonds. The van der Waals surface area contributed by atoms with Crippen molar-refractivity contribution in [3.05, 3.63) is 35.9 Å². The molecular formula is C10H7NO3. The van der Waals surface area contributed by atoms with Gasteiger partial charge in [-0.3, -0.25) is 0 Å². The lowest BCUT2D eigenvalue weighted by Gasteiger charge is -2.00. The van der Waals surface area contributed by atoms with E-state index >= 15 is 0 Å². The highest BCUT2D eigenvalue weighted by Gasteiger charge is 2.09. The molecule has 4 nitrogen and oxygen atoms in total. The number of hydrogen-bond donors (Lipinski definition) is 2. The topological polar surface area (TPSA) is 81.3 Å². The van der Waals surface area contributed by atoms with Crippen LogP contribution >= 0.6 is 0 Å². The van der Waals surface area contributed by atoms with Crippen LogP contribution < -0.4 is 0 Å². The van der Waals surface area contributed by atoms with Crippen molar-refractivity contribution in [2.45, 2.75) is 0 Å². The lowest BCUT2D eigenvalue weighted by Crippen LogP contribution is -1.98. The maximum absolute atomic E-state index is 10.7. The van der Waals surface area contributed by atoms with E-state index in [4.69, 9.17) is 15.5 Å². The van der Waals surface area contributed by atoms with E-state index in [1.54, 1.807) is 6.07 Å². The Balaban J connectivity index is 3.14. The molecule has 0 heterocycles. The quantitative estimate of drug-likeness (QED) is 0.544. The van der Waals surface area contributed by atoms with Gasteiger partial charge in [-0.25, -0.2) is 4.79 Å². The first kappa shape index (κ1) is 9.81. The maximum atomic E-state index is 10.7. The molecule has 0 aliphatic carbocycles. The van der Waals surface area contributed by atoms with Gasteiger partial charge in [-0.05, 0) is 17.7 Å². The van der Waals surface area contributed by atoms with Crippen LogP contribution in [0.15, 0.2) is 30.3 Å². The molecule has 0 bridgehead atoms. The van der Waals surface area contributed by atoms with E-state index in [1.165, 1.54) is 24.3 Å². The van der Waals surface area contributed by atoms with Crippen molar-refractivity contribution in [3.63, 3.8) is 0 Å². The molecule has 0 spiro atoms. The fourth-order valence-electron chi connectivity index (χ4n) is 0.974. The zero-order valence-electron chi connectivity index (χ0n) is 7.14. The number of benzene rings is 1. The lowest BCUT2D eigenvalue weighted by molar-refractivity contribution is -0.130. The van der Waals surface area contributed by atoms with Crippen LogP contribution in [0.25, 0.3) is 5.57 Å². The third-order valence-corrected chi connectivity index (χ3v) is 1.62. The van der Waals surface area contributed by atoms with Gasteiger partial charge in [-0.15, -0.1) is 0 Å². The molecule has 0 saturated heterocycles. The van der Waals surface area contributed by atoms with Crippen LogP contribution in [0, 0.1) is 11.3 Å². The average molecular weight is 189 g/mol. The van der Waals surface area contributed by atoms with Crippen LogP contribution in [0.3, 0.4) is 0 Å². The number of hydrogen-bond acceptors (Lipinski definition) is 3. The van der Waals surface area contributed by atoms with Crippen molar-refractivity contribution in [1.82, 2.24) is 0 Å². The molecule has 14 heavy (non-hydrogen) atoms. The van der Waals surface area contributed by atoms with Gasteiger partial charge in [0.1, 0.15) is 5.75 Å². The summed E-state index contributed by atoms with van der Waals surface area (Å²) in [6, 6.07) is 7.26. The predicted octanol–water partition coefficient (Wildman–Crippen LogP) is 1.38. The van der Waals surface area contributed by atoms with Crippen LogP contribution in [0.2, 0.25) is 0 Å². The van der Waals surface area contributed by atoms with E-state index in [1.807, 2.05) is 0 Å². The number of carboxylic acid groups (broad SMARTS) is 1. The highest BCUT2D eigenvalue weighted by molar-refractivity contribution is 6.15. The van der Waals surface area contributed by atoms with Gasteiger partial charge in [0, 0.05) is 6.08 Å². The van der Waals surface area contributed by atoms with Crippen LogP contribution in [0.1, 0.15) is 5.56 Å². The van der Waals surface area contributed by atoms with Crippen LogP contribution in [-0.4, -0.2) is 16.2 Å². The Hall–Kier alpha value is -2.28. The monoisotopic (exact) mass is 189 g/mol. The third kappa shape index (κ3) is 2.11. The van der Waals surface area contributed by atoms with Crippen LogP contribution in [0.5, 0.6) is 5.75 Å². The first-order chi connectivity index (χ1) is 6.65. The van der Waals surface area contributed by atoms with E-state index in [2.05, 4.69) is 0 Å². The normalized spacial score (nSPS) is 10.6. The summed E-state index contributed by atoms with van der Waals surface area (Å²) in [5.41, 5.74) is 0.296. The highest BCUT2D eigenvalue weighted by atomic mass is 16.4. The Bertz CT molecular complexity index is 412. The summed E-state index contributed by atoms with van der Waals surface area (Å²) in [7, 11) is 0. The standard InChI is InChI=1S/C10H7NO3/c11-6-5-9(10(13)14)7-1-3-8(12)4-2-7/h1-5,12H,(H,13,14). The average Bonchev–Trinajstić information content (AvgIpc) is 2.15. The van der Waals surface area contributed by atoms with Gasteiger partial charge >= 0.3 is 5.97 Å². The second kappa shape index (κ2) is 4.10. The number of rotatable bonds is 2. The van der Waals surface area contributed by atoms with Crippen molar-refractivity contribution in [2.75, 3.05) is 0 Å². The zero-order chi connectivity index (χ0) is 10.6. The largest absolute Gasteiger partial charge is 0.508 e. The Morgan fingerprint density at radius 2 is 1.93 bits per heavy atom. The fourth-order valence-corrected chi connectivity index (χ4v) is 0.974. The summed E-state index contributed by atoms with van der Waals surface area (Å²) in [6.07, 6.45) is 0.953. The highest BCUT2D eigenvalue weighted by Crippen LogP contribution is 2.17. The second-order valence-electron chi connectivity index (χ2n) is 2.54. The number of aliphatic carboxylic acids is 1. The van der Waals surface area contributed by atoms with Gasteiger partial charge in [0.25, 0.3) is 0 Å². The number of phenolic OH excluding ortho intramolecular Hbond substituents is 1. The van der Waals surface area contributed by atoms with Crippen LogP contribution in [0.4, 0.5) is 0 Å². The van der Waals surface area contributed by atoms with E-state index in [-0.39, 0.29) is 11.3 Å². The molecule has 4 heteroatoms. The van der Waals surface area contributed by atoms with Crippen LogP contribution in [-0.2, 0) is 4.79 Å². The molecule has 2 N–H and O–H groups in total. The number of allylic oxidation sites excluding steroid dienone is 1. The minimum Gasteiger partial charge on any atom is -0.508 e. The summed E-state index contributed by atoms with van der Waals surface area (Å²) >= 11 is 0. The summed E-state index contributed by atoms with van der Waals surface area (Å²) < 4.78 is 0. The zero-order valence-corrected chi connectivity index (χ0v) is 7.14. The lowest BCUT2D eigenvalue weighted by atomic mass is 10.1. The van der Waals surface area contributed by atoms with Gasteiger partial charge in [0.2, 0.25) is 0 Å². The minimum atomic E-state index is -1.17. The van der Waals surface area contributed by atoms with Crippen molar-refractivity contribution in [1.29, 1.82) is 5.26 Å². The van der Waals surface area contributed by atoms with E-state index in [0.29, 0.717) is 5.56 Å². The van der Waals surface area contributed by atoms with Gasteiger partial charge in [-0.1, -0.05) is 12.1 Å². The number of nitriles is 1. The first-order valence-electron chi connectivity index (χ1n) is 3.77. The van der Waals surface area contributed by atoms with Gasteiger partial charge in [0.05, 0.1) is 11.6 Å².